The Morgan fingerprint density at radius 1 is 1.35 bits per heavy atom. The normalized spacial score (nSPS) is 22.9. The summed E-state index contributed by atoms with van der Waals surface area (Å²) in [5.41, 5.74) is -0.976. The lowest BCUT2D eigenvalue weighted by Crippen LogP contribution is -2.40. The van der Waals surface area contributed by atoms with E-state index in [4.69, 9.17) is 5.26 Å². The maximum atomic E-state index is 13.7. The van der Waals surface area contributed by atoms with E-state index in [0.717, 1.165) is 6.42 Å². The van der Waals surface area contributed by atoms with Gasteiger partial charge in [-0.1, -0.05) is 0 Å². The van der Waals surface area contributed by atoms with Crippen molar-refractivity contribution < 1.29 is 13.9 Å². The average Bonchev–Trinajstić information content (AvgIpc) is 2.70. The molecule has 2 atom stereocenters. The molecule has 0 aliphatic carbocycles. The van der Waals surface area contributed by atoms with Crippen molar-refractivity contribution in [3.05, 3.63) is 29.3 Å². The van der Waals surface area contributed by atoms with Crippen molar-refractivity contribution in [2.24, 2.45) is 5.92 Å². The molecule has 0 amide bonds. The van der Waals surface area contributed by atoms with Crippen LogP contribution in [0.4, 0.5) is 14.5 Å². The van der Waals surface area contributed by atoms with Crippen molar-refractivity contribution in [2.45, 2.75) is 38.8 Å². The molecular weight excluding hydrogens is 262 g/mol. The van der Waals surface area contributed by atoms with Gasteiger partial charge in [-0.25, -0.2) is 8.78 Å². The van der Waals surface area contributed by atoms with E-state index < -0.39 is 22.8 Å². The van der Waals surface area contributed by atoms with Crippen molar-refractivity contribution in [3.8, 4) is 6.07 Å². The Bertz CT molecular complexity index is 537. The van der Waals surface area contributed by atoms with Gasteiger partial charge in [-0.15, -0.1) is 0 Å². The highest BCUT2D eigenvalue weighted by Gasteiger charge is 2.39. The first-order valence-corrected chi connectivity index (χ1v) is 6.64. The molecule has 1 aliphatic heterocycles. The van der Waals surface area contributed by atoms with Gasteiger partial charge in [0, 0.05) is 24.2 Å². The van der Waals surface area contributed by atoms with Crippen LogP contribution in [0, 0.1) is 28.9 Å². The number of nitriles is 1. The fraction of sp³-hybridized carbons (Fsp3) is 0.533. The molecule has 1 aromatic rings. The molecular formula is C15H18F2N2O. The Morgan fingerprint density at radius 3 is 2.30 bits per heavy atom. The molecule has 0 aromatic heterocycles. The summed E-state index contributed by atoms with van der Waals surface area (Å²) in [4.78, 5) is 1.87. The number of nitrogens with zero attached hydrogens (tertiary/aromatic N) is 2. The van der Waals surface area contributed by atoms with Crippen LogP contribution in [0.15, 0.2) is 12.1 Å². The zero-order valence-electron chi connectivity index (χ0n) is 11.8. The molecule has 0 radical (unpaired) electrons. The van der Waals surface area contributed by atoms with Gasteiger partial charge in [0.15, 0.2) is 0 Å². The second-order valence-corrected chi connectivity index (χ2v) is 5.88. The summed E-state index contributed by atoms with van der Waals surface area (Å²) in [5, 5.41) is 18.8. The number of aliphatic hydroxyl groups is 1. The Hall–Kier alpha value is -1.67. The van der Waals surface area contributed by atoms with Gasteiger partial charge in [0.05, 0.1) is 5.60 Å². The van der Waals surface area contributed by atoms with Crippen LogP contribution >= 0.6 is 0 Å². The molecule has 0 spiro atoms. The third-order valence-corrected chi connectivity index (χ3v) is 4.13. The number of halogens is 2. The second kappa shape index (κ2) is 5.02. The van der Waals surface area contributed by atoms with E-state index >= 15 is 0 Å². The van der Waals surface area contributed by atoms with E-state index in [1.54, 1.807) is 13.8 Å². The summed E-state index contributed by atoms with van der Waals surface area (Å²) in [5.74, 6) is -1.66. The molecule has 0 saturated carbocycles. The molecule has 2 rings (SSSR count). The van der Waals surface area contributed by atoms with Crippen molar-refractivity contribution in [1.82, 2.24) is 0 Å². The minimum absolute atomic E-state index is 0.0262. The Morgan fingerprint density at radius 2 is 1.90 bits per heavy atom. The van der Waals surface area contributed by atoms with Crippen molar-refractivity contribution in [1.29, 1.82) is 5.26 Å². The fourth-order valence-electron chi connectivity index (χ4n) is 3.08. The molecule has 1 aromatic carbocycles. The summed E-state index contributed by atoms with van der Waals surface area (Å²) in [6.07, 6.45) is 0.758. The van der Waals surface area contributed by atoms with Crippen molar-refractivity contribution in [3.63, 3.8) is 0 Å². The van der Waals surface area contributed by atoms with Crippen LogP contribution in [0.2, 0.25) is 0 Å². The van der Waals surface area contributed by atoms with Crippen LogP contribution in [0.3, 0.4) is 0 Å². The molecule has 1 heterocycles. The summed E-state index contributed by atoms with van der Waals surface area (Å²) in [6.45, 7) is 6.06. The molecule has 3 nitrogen and oxygen atoms in total. The first kappa shape index (κ1) is 14.7. The largest absolute Gasteiger partial charge is 0.390 e. The SMILES string of the molecule is CC1C(C(C)(C)O)CCN1c1cc(F)c(C#N)c(F)c1. The third-order valence-electron chi connectivity index (χ3n) is 4.13. The van der Waals surface area contributed by atoms with E-state index in [0.29, 0.717) is 12.2 Å². The molecule has 1 saturated heterocycles. The highest BCUT2D eigenvalue weighted by molar-refractivity contribution is 5.53. The average molecular weight is 280 g/mol. The van der Waals surface area contributed by atoms with Crippen LogP contribution in [0.5, 0.6) is 0 Å². The summed E-state index contributed by atoms with van der Waals surface area (Å²) < 4.78 is 27.4. The van der Waals surface area contributed by atoms with Crippen LogP contribution < -0.4 is 4.90 Å². The van der Waals surface area contributed by atoms with Gasteiger partial charge in [-0.05, 0) is 39.3 Å². The number of benzene rings is 1. The molecule has 2 unspecified atom stereocenters. The van der Waals surface area contributed by atoms with Crippen molar-refractivity contribution in [2.75, 3.05) is 11.4 Å². The van der Waals surface area contributed by atoms with Gasteiger partial charge in [0.2, 0.25) is 0 Å². The predicted molar refractivity (Wildman–Crippen MR) is 72.3 cm³/mol. The molecule has 5 heteroatoms. The topological polar surface area (TPSA) is 47.3 Å². The van der Waals surface area contributed by atoms with Crippen molar-refractivity contribution >= 4 is 5.69 Å². The monoisotopic (exact) mass is 280 g/mol. The number of anilines is 1. The van der Waals surface area contributed by atoms with Gasteiger partial charge >= 0.3 is 0 Å². The lowest BCUT2D eigenvalue weighted by molar-refractivity contribution is 0.0156. The molecule has 0 bridgehead atoms. The van der Waals surface area contributed by atoms with Gasteiger partial charge in [0.25, 0.3) is 0 Å². The maximum Gasteiger partial charge on any atom is 0.146 e. The van der Waals surface area contributed by atoms with Crippen LogP contribution in [-0.4, -0.2) is 23.3 Å². The lowest BCUT2D eigenvalue weighted by Gasteiger charge is -2.33. The maximum absolute atomic E-state index is 13.7. The zero-order chi connectivity index (χ0) is 15.1. The predicted octanol–water partition coefficient (Wildman–Crippen LogP) is 2.82. The number of hydrogen-bond acceptors (Lipinski definition) is 3. The fourth-order valence-corrected chi connectivity index (χ4v) is 3.08. The van der Waals surface area contributed by atoms with E-state index in [-0.39, 0.29) is 12.0 Å². The molecule has 1 fully saturated rings. The van der Waals surface area contributed by atoms with Gasteiger partial charge in [0.1, 0.15) is 23.3 Å². The summed E-state index contributed by atoms with van der Waals surface area (Å²) >= 11 is 0. The first-order chi connectivity index (χ1) is 9.25. The zero-order valence-corrected chi connectivity index (χ0v) is 11.8. The number of hydrogen-bond donors (Lipinski definition) is 1. The van der Waals surface area contributed by atoms with E-state index in [9.17, 15) is 13.9 Å². The third kappa shape index (κ3) is 2.48. The van der Waals surface area contributed by atoms with Crippen LogP contribution in [0.25, 0.3) is 0 Å². The van der Waals surface area contributed by atoms with Gasteiger partial charge in [-0.3, -0.25) is 0 Å². The smallest absolute Gasteiger partial charge is 0.146 e. The highest BCUT2D eigenvalue weighted by atomic mass is 19.1. The molecule has 108 valence electrons. The quantitative estimate of drug-likeness (QED) is 0.906. The van der Waals surface area contributed by atoms with E-state index in [2.05, 4.69) is 0 Å². The Kier molecular flexibility index (Phi) is 3.70. The standard InChI is InChI=1S/C15H18F2N2O/c1-9-12(15(2,3)20)4-5-19(9)10-6-13(16)11(8-18)14(17)7-10/h6-7,9,12,20H,4-5H2,1-3H3. The Labute approximate surface area is 117 Å². The first-order valence-electron chi connectivity index (χ1n) is 6.64. The minimum Gasteiger partial charge on any atom is -0.390 e. The van der Waals surface area contributed by atoms with E-state index in [1.165, 1.54) is 18.2 Å². The minimum atomic E-state index is -0.846. The molecule has 1 N–H and O–H groups in total. The van der Waals surface area contributed by atoms with Crippen LogP contribution in [-0.2, 0) is 0 Å². The van der Waals surface area contributed by atoms with Crippen LogP contribution in [0.1, 0.15) is 32.8 Å². The lowest BCUT2D eigenvalue weighted by atomic mass is 9.85. The van der Waals surface area contributed by atoms with Gasteiger partial charge in [-0.2, -0.15) is 5.26 Å². The second-order valence-electron chi connectivity index (χ2n) is 5.88. The van der Waals surface area contributed by atoms with Gasteiger partial charge < -0.3 is 10.0 Å². The highest BCUT2D eigenvalue weighted by Crippen LogP contribution is 2.36. The van der Waals surface area contributed by atoms with E-state index in [1.807, 2.05) is 11.8 Å². The molecule has 20 heavy (non-hydrogen) atoms. The summed E-state index contributed by atoms with van der Waals surface area (Å²) in [6, 6.07) is 3.86. The summed E-state index contributed by atoms with van der Waals surface area (Å²) in [7, 11) is 0. The number of rotatable bonds is 2. The molecule has 1 aliphatic rings. The Balaban J connectivity index is 2.33.